The normalized spacial score (nSPS) is 21.2. The van der Waals surface area contributed by atoms with E-state index in [1.165, 1.54) is 11.1 Å². The van der Waals surface area contributed by atoms with E-state index in [4.69, 9.17) is 9.84 Å². The van der Waals surface area contributed by atoms with Crippen LogP contribution in [0.2, 0.25) is 0 Å². The van der Waals surface area contributed by atoms with Gasteiger partial charge in [-0.3, -0.25) is 4.90 Å². The molecule has 1 aromatic heterocycles. The number of anilines is 1. The Labute approximate surface area is 201 Å². The van der Waals surface area contributed by atoms with E-state index < -0.39 is 0 Å². The van der Waals surface area contributed by atoms with Gasteiger partial charge in [0.25, 0.3) is 0 Å². The maximum Gasteiger partial charge on any atom is 0.126 e. The number of allylic oxidation sites excluding steroid dienone is 2. The highest BCUT2D eigenvalue weighted by atomic mass is 16.5. The van der Waals surface area contributed by atoms with E-state index in [1.54, 1.807) is 7.11 Å². The molecule has 1 aliphatic carbocycles. The molecule has 1 unspecified atom stereocenters. The van der Waals surface area contributed by atoms with E-state index in [0.717, 1.165) is 80.5 Å². The van der Waals surface area contributed by atoms with E-state index >= 15 is 0 Å². The van der Waals surface area contributed by atoms with Gasteiger partial charge in [-0.25, -0.2) is 0 Å². The number of H-pyrrole nitrogens is 1. The second kappa shape index (κ2) is 10.1. The van der Waals surface area contributed by atoms with Crippen molar-refractivity contribution < 1.29 is 14.9 Å². The predicted octanol–water partition coefficient (Wildman–Crippen LogP) is 3.50. The topological polar surface area (TPSA) is 84.0 Å². The van der Waals surface area contributed by atoms with E-state index in [1.807, 2.05) is 30.5 Å². The molecule has 3 aliphatic rings. The lowest BCUT2D eigenvalue weighted by Gasteiger charge is -2.37. The number of benzene rings is 1. The Balaban J connectivity index is 1.32. The van der Waals surface area contributed by atoms with Gasteiger partial charge in [0.2, 0.25) is 0 Å². The van der Waals surface area contributed by atoms with Gasteiger partial charge < -0.3 is 30.2 Å². The summed E-state index contributed by atoms with van der Waals surface area (Å²) in [5.41, 5.74) is 5.85. The number of aromatic nitrogens is 1. The van der Waals surface area contributed by atoms with Gasteiger partial charge in [0, 0.05) is 74.6 Å². The molecule has 0 spiro atoms. The SMILES string of the molecule is COc1ccccc1-c1c[nH]c2c1C=C(C1=CC=C(O)C(CN3CCN(CCO)CC3)C1)CN2. The summed E-state index contributed by atoms with van der Waals surface area (Å²) in [5, 5.41) is 23.3. The Bertz CT molecular complexity index is 1110. The fourth-order valence-electron chi connectivity index (χ4n) is 5.24. The van der Waals surface area contributed by atoms with Gasteiger partial charge in [-0.2, -0.15) is 0 Å². The molecule has 7 nitrogen and oxygen atoms in total. The minimum absolute atomic E-state index is 0.103. The molecule has 1 saturated heterocycles. The number of hydrogen-bond acceptors (Lipinski definition) is 6. The van der Waals surface area contributed by atoms with Gasteiger partial charge in [-0.1, -0.05) is 24.3 Å². The maximum atomic E-state index is 10.6. The molecule has 34 heavy (non-hydrogen) atoms. The van der Waals surface area contributed by atoms with Gasteiger partial charge in [0.05, 0.1) is 19.5 Å². The number of aliphatic hydroxyl groups excluding tert-OH is 2. The van der Waals surface area contributed by atoms with Crippen molar-refractivity contribution in [3.8, 4) is 16.9 Å². The number of fused-ring (bicyclic) bond motifs is 1. The minimum atomic E-state index is 0.103. The lowest BCUT2D eigenvalue weighted by atomic mass is 9.86. The van der Waals surface area contributed by atoms with Gasteiger partial charge in [0.15, 0.2) is 0 Å². The number of methoxy groups -OCH3 is 1. The monoisotopic (exact) mass is 462 g/mol. The molecule has 2 aromatic rings. The maximum absolute atomic E-state index is 10.6. The lowest BCUT2D eigenvalue weighted by Crippen LogP contribution is -2.48. The van der Waals surface area contributed by atoms with E-state index in [2.05, 4.69) is 38.3 Å². The molecular weight excluding hydrogens is 428 g/mol. The van der Waals surface area contributed by atoms with Crippen molar-refractivity contribution in [1.29, 1.82) is 0 Å². The first-order valence-electron chi connectivity index (χ1n) is 12.1. The van der Waals surface area contributed by atoms with Gasteiger partial charge >= 0.3 is 0 Å². The van der Waals surface area contributed by atoms with Gasteiger partial charge in [-0.15, -0.1) is 0 Å². The number of β-amino-alcohol motifs (C(OH)–C–C–N with tert-alkyl or cyclic N) is 1. The molecule has 180 valence electrons. The average Bonchev–Trinajstić information content (AvgIpc) is 3.30. The van der Waals surface area contributed by atoms with E-state index in [0.29, 0.717) is 5.76 Å². The highest BCUT2D eigenvalue weighted by Gasteiger charge is 2.27. The number of hydrogen-bond donors (Lipinski definition) is 4. The highest BCUT2D eigenvalue weighted by molar-refractivity contribution is 5.87. The van der Waals surface area contributed by atoms with Crippen LogP contribution in [0.3, 0.4) is 0 Å². The van der Waals surface area contributed by atoms with Crippen molar-refractivity contribution in [2.24, 2.45) is 5.92 Å². The van der Waals surface area contributed by atoms with Crippen LogP contribution in [0, 0.1) is 5.92 Å². The molecule has 1 fully saturated rings. The van der Waals surface area contributed by atoms with E-state index in [9.17, 15) is 5.11 Å². The Morgan fingerprint density at radius 2 is 1.82 bits per heavy atom. The predicted molar refractivity (Wildman–Crippen MR) is 136 cm³/mol. The molecule has 3 heterocycles. The molecule has 7 heteroatoms. The molecule has 2 aliphatic heterocycles. The average molecular weight is 463 g/mol. The smallest absolute Gasteiger partial charge is 0.126 e. The highest BCUT2D eigenvalue weighted by Crippen LogP contribution is 2.40. The third-order valence-electron chi connectivity index (χ3n) is 7.20. The first kappa shape index (κ1) is 22.8. The number of aromatic amines is 1. The zero-order chi connectivity index (χ0) is 23.5. The Hall–Kier alpha value is -3.00. The Kier molecular flexibility index (Phi) is 6.76. The molecule has 4 N–H and O–H groups in total. The van der Waals surface area contributed by atoms with Crippen LogP contribution in [0.25, 0.3) is 17.2 Å². The van der Waals surface area contributed by atoms with Crippen LogP contribution in [0.4, 0.5) is 5.82 Å². The number of para-hydroxylation sites is 1. The molecule has 0 amide bonds. The second-order valence-corrected chi connectivity index (χ2v) is 9.26. The van der Waals surface area contributed by atoms with Crippen molar-refractivity contribution in [1.82, 2.24) is 14.8 Å². The van der Waals surface area contributed by atoms with Crippen LogP contribution in [0.5, 0.6) is 5.75 Å². The standard InChI is InChI=1S/C27H34N4O3/c1-34-26-5-3-2-4-22(26)24-17-29-27-23(24)15-20(16-28-27)19-6-7-25(33)21(14-19)18-31-10-8-30(9-11-31)12-13-32/h2-7,15,17,21,28-29,32-33H,8-14,16,18H2,1H3. The van der Waals surface area contributed by atoms with Crippen molar-refractivity contribution >= 4 is 11.9 Å². The second-order valence-electron chi connectivity index (χ2n) is 9.26. The Morgan fingerprint density at radius 3 is 2.62 bits per heavy atom. The first-order valence-corrected chi connectivity index (χ1v) is 12.1. The van der Waals surface area contributed by atoms with Crippen LogP contribution in [0.1, 0.15) is 12.0 Å². The molecule has 0 radical (unpaired) electrons. The number of ether oxygens (including phenoxy) is 1. The fourth-order valence-corrected chi connectivity index (χ4v) is 5.24. The van der Waals surface area contributed by atoms with Gasteiger partial charge in [-0.05, 0) is 35.8 Å². The number of nitrogens with one attached hydrogen (secondary N) is 2. The summed E-state index contributed by atoms with van der Waals surface area (Å²) in [6.07, 6.45) is 9.08. The van der Waals surface area contributed by atoms with Crippen LogP contribution in [-0.4, -0.2) is 84.5 Å². The zero-order valence-corrected chi connectivity index (χ0v) is 19.8. The van der Waals surface area contributed by atoms with Crippen LogP contribution in [-0.2, 0) is 0 Å². The molecule has 5 rings (SSSR count). The molecule has 1 atom stereocenters. The minimum Gasteiger partial charge on any atom is -0.512 e. The quantitative estimate of drug-likeness (QED) is 0.504. The van der Waals surface area contributed by atoms with E-state index in [-0.39, 0.29) is 12.5 Å². The summed E-state index contributed by atoms with van der Waals surface area (Å²) < 4.78 is 5.60. The third-order valence-corrected chi connectivity index (χ3v) is 7.20. The van der Waals surface area contributed by atoms with Crippen molar-refractivity contribution in [3.63, 3.8) is 0 Å². The van der Waals surface area contributed by atoms with Crippen LogP contribution in [0.15, 0.2) is 59.5 Å². The van der Waals surface area contributed by atoms with Crippen molar-refractivity contribution in [3.05, 3.63) is 65.1 Å². The summed E-state index contributed by atoms with van der Waals surface area (Å²) in [6.45, 7) is 6.46. The number of piperazine rings is 1. The number of aliphatic hydroxyl groups is 2. The summed E-state index contributed by atoms with van der Waals surface area (Å²) in [4.78, 5) is 8.10. The summed E-state index contributed by atoms with van der Waals surface area (Å²) in [6, 6.07) is 8.09. The molecule has 1 aromatic carbocycles. The van der Waals surface area contributed by atoms with Crippen LogP contribution < -0.4 is 10.1 Å². The largest absolute Gasteiger partial charge is 0.512 e. The fraction of sp³-hybridized carbons (Fsp3) is 0.407. The lowest BCUT2D eigenvalue weighted by molar-refractivity contribution is 0.0996. The number of nitrogens with zero attached hydrogens (tertiary/aromatic N) is 2. The summed E-state index contributed by atoms with van der Waals surface area (Å²) in [5.74, 6) is 2.46. The first-order chi connectivity index (χ1) is 16.7. The molecule has 0 bridgehead atoms. The Morgan fingerprint density at radius 1 is 1.03 bits per heavy atom. The van der Waals surface area contributed by atoms with Crippen LogP contribution >= 0.6 is 0 Å². The number of rotatable bonds is 7. The molecule has 0 saturated carbocycles. The summed E-state index contributed by atoms with van der Waals surface area (Å²) >= 11 is 0. The van der Waals surface area contributed by atoms with Gasteiger partial charge in [0.1, 0.15) is 11.6 Å². The third kappa shape index (κ3) is 4.64. The molecular formula is C27H34N4O3. The zero-order valence-electron chi connectivity index (χ0n) is 19.8. The summed E-state index contributed by atoms with van der Waals surface area (Å²) in [7, 11) is 1.70. The van der Waals surface area contributed by atoms with Crippen molar-refractivity contribution in [2.75, 3.05) is 64.8 Å². The van der Waals surface area contributed by atoms with Crippen molar-refractivity contribution in [2.45, 2.75) is 6.42 Å².